The predicted octanol–water partition coefficient (Wildman–Crippen LogP) is 10.9. The van der Waals surface area contributed by atoms with E-state index in [-0.39, 0.29) is 35.9 Å². The highest BCUT2D eigenvalue weighted by Crippen LogP contribution is 2.62. The van der Waals surface area contributed by atoms with Crippen molar-refractivity contribution < 1.29 is 29.3 Å². The minimum atomic E-state index is -1.21. The zero-order valence-electron chi connectivity index (χ0n) is 36.9. The second kappa shape index (κ2) is 17.1. The topological polar surface area (TPSA) is 96.3 Å². The predicted molar refractivity (Wildman–Crippen MR) is 231 cm³/mol. The normalized spacial score (nSPS) is 34.6. The Morgan fingerprint density at radius 1 is 0.948 bits per heavy atom. The van der Waals surface area contributed by atoms with Crippen LogP contribution in [0.4, 0.5) is 4.79 Å². The molecule has 0 saturated heterocycles. The molecule has 0 spiro atoms. The Hall–Kier alpha value is -3.16. The molecule has 4 bridgehead atoms. The number of rotatable bonds is 9. The summed E-state index contributed by atoms with van der Waals surface area (Å²) >= 11 is 0. The summed E-state index contributed by atoms with van der Waals surface area (Å²) in [4.78, 5) is 31.4. The molecular formula is C51H73NO6. The molecule has 2 N–H and O–H groups in total. The molecule has 10 unspecified atom stereocenters. The van der Waals surface area contributed by atoms with E-state index in [1.54, 1.807) is 7.11 Å². The number of allylic oxidation sites excluding steroid dienone is 2. The number of carbonyl (C=O) groups excluding carboxylic acids is 2. The third kappa shape index (κ3) is 8.42. The summed E-state index contributed by atoms with van der Waals surface area (Å²) in [7, 11) is 1.62. The molecule has 0 aliphatic heterocycles. The fourth-order valence-corrected chi connectivity index (χ4v) is 12.5. The summed E-state index contributed by atoms with van der Waals surface area (Å²) in [5.74, 6) is 3.45. The van der Waals surface area contributed by atoms with Crippen LogP contribution in [0.3, 0.4) is 0 Å². The number of nitrogens with zero attached hydrogens (tertiary/aromatic N) is 1. The number of ether oxygens (including phenoxy) is 2. The van der Waals surface area contributed by atoms with E-state index in [1.807, 2.05) is 35.2 Å². The van der Waals surface area contributed by atoms with E-state index in [0.29, 0.717) is 85.1 Å². The standard InChI is InChI=1S/C51H73NO6/c1-32(2)41-21-12-34(4)26-46(41)58-48(55)52(30-37-14-17-38-29-45(37)49(38,5)6)31-51(56)25-23-44-42-22-13-35(27-39(53)18-11-33(3)10-9-24-50(44,51)7)28-43(42)47(54)36-15-19-40(57-8)20-16-36/h10,13,15-16,19-20,22,28,32,34,37-39,41,44-46,53,56H,9,11-12,14,17-18,21,23-27,29-31H2,1-8H3. The number of benzene rings is 2. The first-order chi connectivity index (χ1) is 27.5. The lowest BCUT2D eigenvalue weighted by Gasteiger charge is -2.60. The minimum absolute atomic E-state index is 0.0695. The highest BCUT2D eigenvalue weighted by Gasteiger charge is 2.59. The summed E-state index contributed by atoms with van der Waals surface area (Å²) in [5, 5.41) is 24.5. The fourth-order valence-electron chi connectivity index (χ4n) is 12.5. The average molecular weight is 796 g/mol. The van der Waals surface area contributed by atoms with E-state index in [9.17, 15) is 19.8 Å². The number of methoxy groups -OCH3 is 1. The van der Waals surface area contributed by atoms with Crippen molar-refractivity contribution in [1.29, 1.82) is 0 Å². The van der Waals surface area contributed by atoms with Gasteiger partial charge in [-0.25, -0.2) is 4.79 Å². The molecular weight excluding hydrogens is 723 g/mol. The molecule has 7 heteroatoms. The van der Waals surface area contributed by atoms with E-state index >= 15 is 0 Å². The molecule has 9 rings (SSSR count). The number of amides is 1. The van der Waals surface area contributed by atoms with Gasteiger partial charge in [0.2, 0.25) is 0 Å². The maximum absolute atomic E-state index is 14.8. The molecule has 2 aromatic carbocycles. The number of hydrogen-bond donors (Lipinski definition) is 2. The molecule has 0 aromatic heterocycles. The first-order valence-corrected chi connectivity index (χ1v) is 22.9. The molecule has 5 fully saturated rings. The van der Waals surface area contributed by atoms with Crippen LogP contribution < -0.4 is 4.74 Å². The Kier molecular flexibility index (Phi) is 12.6. The molecule has 0 radical (unpaired) electrons. The lowest BCUT2D eigenvalue weighted by molar-refractivity contribution is -0.122. The number of aliphatic hydroxyl groups excluding tert-OH is 1. The number of hydrogen-bond acceptors (Lipinski definition) is 6. The first-order valence-electron chi connectivity index (χ1n) is 22.9. The van der Waals surface area contributed by atoms with Crippen LogP contribution in [0.15, 0.2) is 54.1 Å². The number of aliphatic hydroxyl groups is 2. The third-order valence-electron chi connectivity index (χ3n) is 16.6. The Labute approximate surface area is 349 Å². The Bertz CT molecular complexity index is 1810. The quantitative estimate of drug-likeness (QED) is 0.194. The van der Waals surface area contributed by atoms with E-state index in [1.165, 1.54) is 24.8 Å². The molecule has 5 saturated carbocycles. The summed E-state index contributed by atoms with van der Waals surface area (Å²) in [6.07, 6.45) is 12.6. The van der Waals surface area contributed by atoms with Crippen molar-refractivity contribution >= 4 is 11.9 Å². The number of fused-ring (bicyclic) bond motifs is 10. The van der Waals surface area contributed by atoms with Crippen molar-refractivity contribution in [2.45, 2.75) is 156 Å². The SMILES string of the molecule is COc1ccc(C(=O)c2cc3ccc2C2CCC(O)(CN(CC4CCC5CC4C5(C)C)C(=O)OC4CC(C)CCC4C(C)C)C2(C)CCC=C(C)CCC(O)C3)cc1. The van der Waals surface area contributed by atoms with Gasteiger partial charge in [-0.2, -0.15) is 0 Å². The van der Waals surface area contributed by atoms with Gasteiger partial charge in [0.05, 0.1) is 25.4 Å². The molecule has 7 nitrogen and oxygen atoms in total. The van der Waals surface area contributed by atoms with Crippen molar-refractivity contribution in [2.24, 2.45) is 46.3 Å². The molecule has 7 aliphatic carbocycles. The van der Waals surface area contributed by atoms with Gasteiger partial charge >= 0.3 is 6.09 Å². The van der Waals surface area contributed by atoms with Gasteiger partial charge in [-0.3, -0.25) is 4.79 Å². The zero-order chi connectivity index (χ0) is 41.6. The summed E-state index contributed by atoms with van der Waals surface area (Å²) in [6, 6.07) is 13.4. The van der Waals surface area contributed by atoms with Crippen molar-refractivity contribution in [3.05, 3.63) is 76.4 Å². The van der Waals surface area contributed by atoms with Crippen LogP contribution in [0, 0.1) is 46.3 Å². The Morgan fingerprint density at radius 2 is 1.71 bits per heavy atom. The molecule has 0 heterocycles. The van der Waals surface area contributed by atoms with Crippen LogP contribution in [0.1, 0.15) is 158 Å². The van der Waals surface area contributed by atoms with Crippen LogP contribution in [-0.4, -0.2) is 65.0 Å². The van der Waals surface area contributed by atoms with Gasteiger partial charge in [-0.15, -0.1) is 0 Å². The molecule has 1 amide bonds. The van der Waals surface area contributed by atoms with Crippen molar-refractivity contribution in [3.63, 3.8) is 0 Å². The summed E-state index contributed by atoms with van der Waals surface area (Å²) in [5.41, 5.74) is 2.72. The highest BCUT2D eigenvalue weighted by atomic mass is 16.6. The monoisotopic (exact) mass is 796 g/mol. The molecule has 7 aliphatic rings. The molecule has 318 valence electrons. The first kappa shape index (κ1) is 42.9. The van der Waals surface area contributed by atoms with E-state index in [4.69, 9.17) is 9.47 Å². The van der Waals surface area contributed by atoms with Gasteiger partial charge in [0.15, 0.2) is 5.78 Å². The second-order valence-electron chi connectivity index (χ2n) is 20.8. The smallest absolute Gasteiger partial charge is 0.410 e. The van der Waals surface area contributed by atoms with Gasteiger partial charge in [-0.1, -0.05) is 71.7 Å². The largest absolute Gasteiger partial charge is 0.497 e. The molecule has 2 aromatic rings. The second-order valence-corrected chi connectivity index (χ2v) is 20.8. The number of ketones is 1. The van der Waals surface area contributed by atoms with Gasteiger partial charge in [0.1, 0.15) is 11.9 Å². The van der Waals surface area contributed by atoms with Crippen LogP contribution in [-0.2, 0) is 11.2 Å². The van der Waals surface area contributed by atoms with E-state index in [0.717, 1.165) is 49.1 Å². The Balaban J connectivity index is 1.26. The lowest BCUT2D eigenvalue weighted by atomic mass is 9.45. The maximum atomic E-state index is 14.8. The van der Waals surface area contributed by atoms with E-state index in [2.05, 4.69) is 66.7 Å². The van der Waals surface area contributed by atoms with Crippen molar-refractivity contribution in [1.82, 2.24) is 4.90 Å². The van der Waals surface area contributed by atoms with Gasteiger partial charge in [0, 0.05) is 23.1 Å². The maximum Gasteiger partial charge on any atom is 0.410 e. The zero-order valence-corrected chi connectivity index (χ0v) is 36.9. The van der Waals surface area contributed by atoms with Gasteiger partial charge < -0.3 is 24.6 Å². The Morgan fingerprint density at radius 3 is 2.40 bits per heavy atom. The summed E-state index contributed by atoms with van der Waals surface area (Å²) in [6.45, 7) is 16.8. The van der Waals surface area contributed by atoms with Crippen LogP contribution in [0.2, 0.25) is 0 Å². The van der Waals surface area contributed by atoms with Gasteiger partial charge in [0.25, 0.3) is 0 Å². The van der Waals surface area contributed by atoms with Crippen LogP contribution in [0.5, 0.6) is 5.75 Å². The van der Waals surface area contributed by atoms with Crippen molar-refractivity contribution in [3.8, 4) is 5.75 Å². The lowest BCUT2D eigenvalue weighted by Crippen LogP contribution is -2.58. The van der Waals surface area contributed by atoms with E-state index < -0.39 is 17.1 Å². The van der Waals surface area contributed by atoms with Crippen LogP contribution >= 0.6 is 0 Å². The fraction of sp³-hybridized carbons (Fsp3) is 0.686. The minimum Gasteiger partial charge on any atom is -0.497 e. The highest BCUT2D eigenvalue weighted by molar-refractivity contribution is 6.10. The molecule has 10 atom stereocenters. The summed E-state index contributed by atoms with van der Waals surface area (Å²) < 4.78 is 12.1. The average Bonchev–Trinajstić information content (AvgIpc) is 3.44. The third-order valence-corrected chi connectivity index (χ3v) is 16.6. The molecule has 58 heavy (non-hydrogen) atoms. The van der Waals surface area contributed by atoms with Gasteiger partial charge in [-0.05, 0) is 172 Å². The van der Waals surface area contributed by atoms with Crippen LogP contribution in [0.25, 0.3) is 0 Å². The number of carbonyl (C=O) groups is 2. The van der Waals surface area contributed by atoms with Crippen molar-refractivity contribution in [2.75, 3.05) is 20.2 Å².